The number of hydrogen-bond acceptors (Lipinski definition) is 2. The zero-order chi connectivity index (χ0) is 6.97. The van der Waals surface area contributed by atoms with E-state index in [4.69, 9.17) is 4.74 Å². The first-order valence-corrected chi connectivity index (χ1v) is 3.55. The van der Waals surface area contributed by atoms with Crippen molar-refractivity contribution in [3.63, 3.8) is 0 Å². The zero-order valence-electron chi connectivity index (χ0n) is 6.03. The third-order valence-corrected chi connectivity index (χ3v) is 2.04. The van der Waals surface area contributed by atoms with E-state index in [1.165, 1.54) is 0 Å². The Labute approximate surface area is 60.8 Å². The fourth-order valence-electron chi connectivity index (χ4n) is 1.42. The average molecular weight is 137 g/mol. The van der Waals surface area contributed by atoms with Gasteiger partial charge < -0.3 is 4.74 Å². The van der Waals surface area contributed by atoms with Gasteiger partial charge in [0.1, 0.15) is 6.73 Å². The van der Waals surface area contributed by atoms with E-state index in [1.807, 2.05) is 6.08 Å². The third-order valence-electron chi connectivity index (χ3n) is 2.04. The minimum atomic E-state index is 0.301. The van der Waals surface area contributed by atoms with Gasteiger partial charge in [-0.2, -0.15) is 0 Å². The molecule has 1 heterocycles. The lowest BCUT2D eigenvalue weighted by atomic mass is 10.1. The van der Waals surface area contributed by atoms with Gasteiger partial charge in [0.05, 0.1) is 12.1 Å². The van der Waals surface area contributed by atoms with Gasteiger partial charge in [0.2, 0.25) is 0 Å². The van der Waals surface area contributed by atoms with Crippen molar-refractivity contribution in [1.82, 2.24) is 4.90 Å². The monoisotopic (exact) mass is 137 g/mol. The molecular weight excluding hydrogens is 126 g/mol. The summed E-state index contributed by atoms with van der Waals surface area (Å²) in [5.74, 6) is 0. The number of rotatable bonds is 0. The highest BCUT2D eigenvalue weighted by Gasteiger charge is 2.29. The predicted octanol–water partition coefficient (Wildman–Crippen LogP) is 0.769. The van der Waals surface area contributed by atoms with Crippen LogP contribution in [0.5, 0.6) is 0 Å². The lowest BCUT2D eigenvalue weighted by Gasteiger charge is -2.18. The predicted molar refractivity (Wildman–Crippen MR) is 39.6 cm³/mol. The van der Waals surface area contributed by atoms with Crippen molar-refractivity contribution in [2.24, 2.45) is 0 Å². The second-order valence-corrected chi connectivity index (χ2v) is 2.78. The SMILES string of the molecule is CN1COC2C=CC=CC21. The van der Waals surface area contributed by atoms with Crippen LogP contribution in [0, 0.1) is 0 Å². The number of hydrogen-bond donors (Lipinski definition) is 0. The molecule has 0 amide bonds. The maximum Gasteiger partial charge on any atom is 0.100 e. The molecule has 1 fully saturated rings. The summed E-state index contributed by atoms with van der Waals surface area (Å²) in [5.41, 5.74) is 0. The van der Waals surface area contributed by atoms with Crippen molar-refractivity contribution >= 4 is 0 Å². The summed E-state index contributed by atoms with van der Waals surface area (Å²) in [6.07, 6.45) is 8.70. The highest BCUT2D eigenvalue weighted by atomic mass is 16.5. The summed E-state index contributed by atoms with van der Waals surface area (Å²) < 4.78 is 5.46. The van der Waals surface area contributed by atoms with E-state index < -0.39 is 0 Å². The second kappa shape index (κ2) is 2.22. The van der Waals surface area contributed by atoms with E-state index in [-0.39, 0.29) is 0 Å². The van der Waals surface area contributed by atoms with E-state index in [2.05, 4.69) is 30.2 Å². The Morgan fingerprint density at radius 1 is 1.40 bits per heavy atom. The minimum absolute atomic E-state index is 0.301. The molecule has 2 nitrogen and oxygen atoms in total. The van der Waals surface area contributed by atoms with E-state index in [0.29, 0.717) is 12.1 Å². The van der Waals surface area contributed by atoms with Crippen molar-refractivity contribution in [1.29, 1.82) is 0 Å². The lowest BCUT2D eigenvalue weighted by Crippen LogP contribution is -2.30. The van der Waals surface area contributed by atoms with Gasteiger partial charge in [0.15, 0.2) is 0 Å². The molecule has 2 atom stereocenters. The van der Waals surface area contributed by atoms with Gasteiger partial charge in [0, 0.05) is 0 Å². The topological polar surface area (TPSA) is 12.5 Å². The molecule has 0 aromatic rings. The molecule has 1 aliphatic heterocycles. The van der Waals surface area contributed by atoms with Crippen LogP contribution in [0.25, 0.3) is 0 Å². The van der Waals surface area contributed by atoms with Crippen molar-refractivity contribution in [3.05, 3.63) is 24.3 Å². The summed E-state index contributed by atoms with van der Waals surface area (Å²) in [4.78, 5) is 2.20. The Morgan fingerprint density at radius 2 is 2.20 bits per heavy atom. The third kappa shape index (κ3) is 0.805. The van der Waals surface area contributed by atoms with Crippen LogP contribution in [0.4, 0.5) is 0 Å². The smallest absolute Gasteiger partial charge is 0.100 e. The van der Waals surface area contributed by atoms with Gasteiger partial charge >= 0.3 is 0 Å². The van der Waals surface area contributed by atoms with Crippen molar-refractivity contribution in [2.75, 3.05) is 13.8 Å². The number of allylic oxidation sites excluding steroid dienone is 2. The van der Waals surface area contributed by atoms with Crippen LogP contribution in [0.15, 0.2) is 24.3 Å². The zero-order valence-corrected chi connectivity index (χ0v) is 6.03. The summed E-state index contributed by atoms with van der Waals surface area (Å²) in [6, 6.07) is 0.477. The van der Waals surface area contributed by atoms with Gasteiger partial charge in [0.25, 0.3) is 0 Å². The lowest BCUT2D eigenvalue weighted by molar-refractivity contribution is 0.120. The summed E-state index contributed by atoms with van der Waals surface area (Å²) >= 11 is 0. The Kier molecular flexibility index (Phi) is 1.36. The van der Waals surface area contributed by atoms with Crippen LogP contribution in [-0.4, -0.2) is 30.8 Å². The minimum Gasteiger partial charge on any atom is -0.357 e. The van der Waals surface area contributed by atoms with E-state index in [1.54, 1.807) is 0 Å². The highest BCUT2D eigenvalue weighted by Crippen LogP contribution is 2.19. The molecule has 0 aromatic heterocycles. The maximum absolute atomic E-state index is 5.46. The Morgan fingerprint density at radius 3 is 3.00 bits per heavy atom. The standard InChI is InChI=1S/C8H11NO/c1-9-6-10-8-5-3-2-4-7(8)9/h2-5,7-8H,6H2,1H3. The van der Waals surface area contributed by atoms with Gasteiger partial charge in [-0.25, -0.2) is 0 Å². The maximum atomic E-state index is 5.46. The quantitative estimate of drug-likeness (QED) is 0.489. The molecule has 0 N–H and O–H groups in total. The molecule has 1 saturated heterocycles. The molecule has 54 valence electrons. The molecule has 1 aliphatic carbocycles. The first-order chi connectivity index (χ1) is 4.88. The van der Waals surface area contributed by atoms with Gasteiger partial charge in [-0.05, 0) is 7.05 Å². The molecule has 0 bridgehead atoms. The second-order valence-electron chi connectivity index (χ2n) is 2.78. The van der Waals surface area contributed by atoms with Crippen molar-refractivity contribution in [3.8, 4) is 0 Å². The van der Waals surface area contributed by atoms with Crippen molar-refractivity contribution < 1.29 is 4.74 Å². The highest BCUT2D eigenvalue weighted by molar-refractivity contribution is 5.19. The molecule has 0 radical (unpaired) electrons. The Bertz CT molecular complexity index is 186. The van der Waals surface area contributed by atoms with Crippen molar-refractivity contribution in [2.45, 2.75) is 12.1 Å². The van der Waals surface area contributed by atoms with E-state index in [9.17, 15) is 0 Å². The number of fused-ring (bicyclic) bond motifs is 1. The van der Waals surface area contributed by atoms with E-state index >= 15 is 0 Å². The molecular formula is C8H11NO. The van der Waals surface area contributed by atoms with Crippen LogP contribution in [0.1, 0.15) is 0 Å². The van der Waals surface area contributed by atoms with Crippen LogP contribution in [0.3, 0.4) is 0 Å². The Hall–Kier alpha value is -0.600. The molecule has 2 aliphatic rings. The molecule has 2 unspecified atom stereocenters. The normalized spacial score (nSPS) is 38.5. The molecule has 0 spiro atoms. The number of nitrogens with zero attached hydrogens (tertiary/aromatic N) is 1. The van der Waals surface area contributed by atoms with Gasteiger partial charge in [-0.1, -0.05) is 24.3 Å². The van der Waals surface area contributed by atoms with E-state index in [0.717, 1.165) is 6.73 Å². The van der Waals surface area contributed by atoms with Crippen LogP contribution in [-0.2, 0) is 4.74 Å². The van der Waals surface area contributed by atoms with Gasteiger partial charge in [-0.3, -0.25) is 4.90 Å². The molecule has 2 rings (SSSR count). The van der Waals surface area contributed by atoms with Gasteiger partial charge in [-0.15, -0.1) is 0 Å². The molecule has 0 aromatic carbocycles. The fraction of sp³-hybridized carbons (Fsp3) is 0.500. The number of ether oxygens (including phenoxy) is 1. The summed E-state index contributed by atoms with van der Waals surface area (Å²) in [5, 5.41) is 0. The average Bonchev–Trinajstić information content (AvgIpc) is 2.34. The van der Waals surface area contributed by atoms with Crippen LogP contribution >= 0.6 is 0 Å². The molecule has 0 saturated carbocycles. The first kappa shape index (κ1) is 6.13. The summed E-state index contributed by atoms with van der Waals surface area (Å²) in [7, 11) is 2.08. The molecule has 10 heavy (non-hydrogen) atoms. The summed E-state index contributed by atoms with van der Waals surface area (Å²) in [6.45, 7) is 0.754. The largest absolute Gasteiger partial charge is 0.357 e. The fourth-order valence-corrected chi connectivity index (χ4v) is 1.42. The Balaban J connectivity index is 2.19. The first-order valence-electron chi connectivity index (χ1n) is 3.55. The van der Waals surface area contributed by atoms with Crippen LogP contribution in [0.2, 0.25) is 0 Å². The number of likely N-dealkylation sites (N-methyl/N-ethyl adjacent to an activating group) is 1. The molecule has 2 heteroatoms. The van der Waals surface area contributed by atoms with Crippen LogP contribution < -0.4 is 0 Å².